The summed E-state index contributed by atoms with van der Waals surface area (Å²) in [5, 5.41) is -3.90. The van der Waals surface area contributed by atoms with E-state index in [9.17, 15) is 26.5 Å². The van der Waals surface area contributed by atoms with Gasteiger partial charge in [0.25, 0.3) is 0 Å². The second-order valence-corrected chi connectivity index (χ2v) is 18.2. The Balaban J connectivity index is 0.000000532. The predicted molar refractivity (Wildman–Crippen MR) is 189 cm³/mol. The van der Waals surface area contributed by atoms with Crippen LogP contribution in [0.4, 0.5) is 8.78 Å². The molecule has 0 bridgehead atoms. The molecule has 5 nitrogen and oxygen atoms in total. The topological polar surface area (TPSA) is 83.5 Å². The number of hydrogen-bond acceptors (Lipinski definition) is 5. The van der Waals surface area contributed by atoms with Gasteiger partial charge in [0.05, 0.1) is 6.61 Å². The van der Waals surface area contributed by atoms with Gasteiger partial charge in [-0.1, -0.05) is 106 Å². The van der Waals surface area contributed by atoms with Gasteiger partial charge in [-0.3, -0.25) is 0 Å². The van der Waals surface area contributed by atoms with E-state index in [1.165, 1.54) is 84.9 Å². The highest BCUT2D eigenvalue weighted by Gasteiger charge is 2.48. The van der Waals surface area contributed by atoms with Gasteiger partial charge in [-0.15, -0.1) is 0 Å². The lowest BCUT2D eigenvalue weighted by molar-refractivity contribution is -0.597. The summed E-state index contributed by atoms with van der Waals surface area (Å²) in [6, 6.07) is 17.7. The van der Waals surface area contributed by atoms with Crippen molar-refractivity contribution in [3.63, 3.8) is 0 Å². The summed E-state index contributed by atoms with van der Waals surface area (Å²) in [5.41, 5.74) is 0. The molecule has 0 amide bonds. The van der Waals surface area contributed by atoms with Crippen LogP contribution in [-0.2, 0) is 19.6 Å². The van der Waals surface area contributed by atoms with Crippen molar-refractivity contribution in [1.82, 2.24) is 0 Å². The first-order valence-electron chi connectivity index (χ1n) is 15.2. The lowest BCUT2D eigenvalue weighted by Gasteiger charge is -2.17. The first-order valence-corrected chi connectivity index (χ1v) is 22.0. The molecule has 0 aromatic heterocycles. The number of rotatable bonds is 22. The van der Waals surface area contributed by atoms with Gasteiger partial charge in [0.2, 0.25) is 0 Å². The van der Waals surface area contributed by atoms with Crippen molar-refractivity contribution in [2.24, 2.45) is 0 Å². The minimum Gasteiger partial charge on any atom is -0.743 e. The molecule has 0 saturated heterocycles. The Hall–Kier alpha value is 0.350. The molecule has 0 aliphatic heterocycles. The third-order valence-electron chi connectivity index (χ3n) is 6.64. The van der Waals surface area contributed by atoms with Crippen molar-refractivity contribution in [2.45, 2.75) is 108 Å². The summed E-state index contributed by atoms with van der Waals surface area (Å²) < 4.78 is 66.3. The van der Waals surface area contributed by atoms with Gasteiger partial charge in [0, 0.05) is 12.5 Å². The Kier molecular flexibility index (Phi) is 24.4. The average Bonchev–Trinajstić information content (AvgIpc) is 2.98. The highest BCUT2D eigenvalue weighted by atomic mass is 127. The summed E-state index contributed by atoms with van der Waals surface area (Å²) in [6.07, 6.45) is 18.5. The van der Waals surface area contributed by atoms with Crippen LogP contribution < -0.4 is 21.2 Å². The number of esters is 1. The number of carbonyl (C=O) groups is 1. The van der Waals surface area contributed by atoms with E-state index in [-0.39, 0.29) is 27.8 Å². The Labute approximate surface area is 309 Å². The van der Waals surface area contributed by atoms with Crippen molar-refractivity contribution in [1.29, 1.82) is 0 Å². The molecule has 0 N–H and O–H groups in total. The SMILES string of the molecule is Ic1ccc([I+]c2ccc(I)cc2)cc1.O=C(OCCCCCCCCCCCCCCCCCCBr)C(F)(F)S(=O)(=O)[O-]. The van der Waals surface area contributed by atoms with E-state index < -0.39 is 21.3 Å². The molecule has 0 aliphatic rings. The summed E-state index contributed by atoms with van der Waals surface area (Å²) in [7, 11) is -6.03. The van der Waals surface area contributed by atoms with E-state index >= 15 is 0 Å². The quantitative estimate of drug-likeness (QED) is 0.0406. The van der Waals surface area contributed by atoms with E-state index in [0.717, 1.165) is 24.6 Å². The Morgan fingerprint density at radius 3 is 1.32 bits per heavy atom. The fraction of sp³-hybridized carbons (Fsp3) is 0.594. The molecule has 0 saturated carbocycles. The van der Waals surface area contributed by atoms with Crippen LogP contribution in [0.5, 0.6) is 0 Å². The van der Waals surface area contributed by atoms with E-state index in [1.54, 1.807) is 0 Å². The van der Waals surface area contributed by atoms with Crippen molar-refractivity contribution in [3.8, 4) is 0 Å². The molecule has 44 heavy (non-hydrogen) atoms. The Bertz CT molecular complexity index is 1090. The molecule has 0 heterocycles. The van der Waals surface area contributed by atoms with Crippen molar-refractivity contribution < 1.29 is 52.5 Å². The third kappa shape index (κ3) is 20.6. The fourth-order valence-electron chi connectivity index (χ4n) is 4.13. The summed E-state index contributed by atoms with van der Waals surface area (Å²) in [6.45, 7) is -0.305. The lowest BCUT2D eigenvalue weighted by atomic mass is 10.0. The van der Waals surface area contributed by atoms with E-state index in [1.807, 2.05) is 0 Å². The molecule has 0 fully saturated rings. The van der Waals surface area contributed by atoms with Crippen LogP contribution in [0.1, 0.15) is 103 Å². The van der Waals surface area contributed by atoms with Gasteiger partial charge in [-0.2, -0.15) is 8.78 Å². The first-order chi connectivity index (χ1) is 21.0. The zero-order valence-electron chi connectivity index (χ0n) is 25.1. The maximum atomic E-state index is 12.9. The predicted octanol–water partition coefficient (Wildman–Crippen LogP) is 7.33. The molecule has 0 radical (unpaired) electrons. The zero-order chi connectivity index (χ0) is 32.7. The average molecular weight is 1040 g/mol. The van der Waals surface area contributed by atoms with Crippen LogP contribution in [0.15, 0.2) is 48.5 Å². The first kappa shape index (κ1) is 42.4. The minimum atomic E-state index is -6.03. The number of halogens is 6. The molecule has 0 aliphatic carbocycles. The number of carbonyl (C=O) groups excluding carboxylic acids is 1. The standard InChI is InChI=1S/C20H37BrF2O5S.C12H8I3/c21-17-15-13-11-9-7-5-3-1-2-4-6-8-10-12-14-16-18-28-19(24)20(22,23)29(25,26)27;13-9-1-5-11(6-2-9)15-12-7-3-10(14)4-8-12/h1-18H2,(H,25,26,27);1-8H/q;+1/p-1. The number of alkyl halides is 3. The normalized spacial score (nSPS) is 11.6. The highest BCUT2D eigenvalue weighted by Crippen LogP contribution is 2.22. The molecule has 0 spiro atoms. The van der Waals surface area contributed by atoms with Crippen molar-refractivity contribution in [2.75, 3.05) is 11.9 Å². The monoisotopic (exact) mass is 1040 g/mol. The van der Waals surface area contributed by atoms with Gasteiger partial charge in [0.15, 0.2) is 17.3 Å². The molecule has 0 atom stereocenters. The summed E-state index contributed by atoms with van der Waals surface area (Å²) in [4.78, 5) is 10.9. The molecular formula is C32H44BrF2I3O5S. The van der Waals surface area contributed by atoms with Crippen LogP contribution in [0.2, 0.25) is 0 Å². The minimum absolute atomic E-state index is 0.00353. The lowest BCUT2D eigenvalue weighted by Crippen LogP contribution is -3.61. The zero-order valence-corrected chi connectivity index (χ0v) is 33.9. The van der Waals surface area contributed by atoms with Crippen LogP contribution in [0.3, 0.4) is 0 Å². The van der Waals surface area contributed by atoms with Gasteiger partial charge in [-0.05, 0) is 107 Å². The molecule has 12 heteroatoms. The number of hydrogen-bond donors (Lipinski definition) is 0. The van der Waals surface area contributed by atoms with Crippen molar-refractivity contribution >= 4 is 77.2 Å². The van der Waals surface area contributed by atoms with Gasteiger partial charge >= 0.3 is 32.4 Å². The molecule has 0 unspecified atom stereocenters. The largest absolute Gasteiger partial charge is 0.743 e. The maximum absolute atomic E-state index is 12.9. The van der Waals surface area contributed by atoms with E-state index in [4.69, 9.17) is 0 Å². The number of ether oxygens (including phenoxy) is 1. The second-order valence-electron chi connectivity index (χ2n) is 10.4. The fourth-order valence-corrected chi connectivity index (χ4v) is 7.67. The Morgan fingerprint density at radius 2 is 1.00 bits per heavy atom. The molecule has 2 aromatic carbocycles. The third-order valence-corrected chi connectivity index (χ3v) is 12.1. The van der Waals surface area contributed by atoms with Crippen LogP contribution in [-0.4, -0.2) is 36.1 Å². The van der Waals surface area contributed by atoms with Gasteiger partial charge in [0.1, 0.15) is 0 Å². The molecular weight excluding hydrogens is 995 g/mol. The maximum Gasteiger partial charge on any atom is 0.428 e. The Morgan fingerprint density at radius 1 is 0.682 bits per heavy atom. The second kappa shape index (κ2) is 25.4. The molecule has 2 rings (SSSR count). The van der Waals surface area contributed by atoms with Crippen molar-refractivity contribution in [3.05, 3.63) is 62.8 Å². The van der Waals surface area contributed by atoms with Crippen LogP contribution >= 0.6 is 61.1 Å². The van der Waals surface area contributed by atoms with Crippen LogP contribution in [0.25, 0.3) is 0 Å². The van der Waals surface area contributed by atoms with E-state index in [2.05, 4.69) is 114 Å². The van der Waals surface area contributed by atoms with Crippen LogP contribution in [0, 0.1) is 14.3 Å². The summed E-state index contributed by atoms with van der Waals surface area (Å²) >= 11 is 8.13. The van der Waals surface area contributed by atoms with Gasteiger partial charge in [-0.25, -0.2) is 13.2 Å². The van der Waals surface area contributed by atoms with E-state index in [0.29, 0.717) is 12.8 Å². The smallest absolute Gasteiger partial charge is 0.428 e. The summed E-state index contributed by atoms with van der Waals surface area (Å²) in [5.74, 6) is -2.29. The van der Waals surface area contributed by atoms with Gasteiger partial charge < -0.3 is 9.29 Å². The molecule has 2 aromatic rings. The number of unbranched alkanes of at least 4 members (excludes halogenated alkanes) is 15. The highest BCUT2D eigenvalue weighted by molar-refractivity contribution is 14.1. The number of benzene rings is 2. The molecule has 250 valence electrons.